The summed E-state index contributed by atoms with van der Waals surface area (Å²) in [4.78, 5) is 16.5. The molecule has 6 nitrogen and oxygen atoms in total. The molecule has 1 rings (SSSR count). The molecule has 6 heteroatoms. The molecule has 1 amide bonds. The van der Waals surface area contributed by atoms with E-state index in [1.807, 2.05) is 0 Å². The van der Waals surface area contributed by atoms with Gasteiger partial charge in [0.05, 0.1) is 32.3 Å². The molecule has 1 aliphatic heterocycles. The van der Waals surface area contributed by atoms with E-state index in [-0.39, 0.29) is 31.1 Å². The van der Waals surface area contributed by atoms with E-state index in [2.05, 4.69) is 0 Å². The lowest BCUT2D eigenvalue weighted by molar-refractivity contribution is -0.304. The molecular formula is C11H21NO5. The first-order valence-corrected chi connectivity index (χ1v) is 5.65. The summed E-state index contributed by atoms with van der Waals surface area (Å²) in [5.41, 5.74) is 0. The number of rotatable bonds is 4. The van der Waals surface area contributed by atoms with E-state index in [0.717, 1.165) is 0 Å². The van der Waals surface area contributed by atoms with Crippen LogP contribution in [0.25, 0.3) is 0 Å². The van der Waals surface area contributed by atoms with Crippen LogP contribution in [-0.4, -0.2) is 54.8 Å². The van der Waals surface area contributed by atoms with Gasteiger partial charge in [0.1, 0.15) is 0 Å². The van der Waals surface area contributed by atoms with Gasteiger partial charge in [0.15, 0.2) is 5.79 Å². The number of nitrogens with zero attached hydrogens (tertiary/aromatic N) is 1. The summed E-state index contributed by atoms with van der Waals surface area (Å²) in [6.45, 7) is 3.47. The predicted molar refractivity (Wildman–Crippen MR) is 59.9 cm³/mol. The molecule has 0 aromatic heterocycles. The molecule has 0 spiro atoms. The maximum absolute atomic E-state index is 11.7. The summed E-state index contributed by atoms with van der Waals surface area (Å²) in [5.74, 6) is -0.936. The second kappa shape index (κ2) is 5.77. The molecule has 0 saturated carbocycles. The zero-order chi connectivity index (χ0) is 13.1. The minimum atomic E-state index is -0.776. The van der Waals surface area contributed by atoms with Gasteiger partial charge in [-0.15, -0.1) is 0 Å². The first-order valence-electron chi connectivity index (χ1n) is 5.65. The highest BCUT2D eigenvalue weighted by Gasteiger charge is 2.36. The van der Waals surface area contributed by atoms with E-state index in [4.69, 9.17) is 19.4 Å². The number of aliphatic hydroxyl groups excluding tert-OH is 1. The van der Waals surface area contributed by atoms with Crippen LogP contribution < -0.4 is 0 Å². The molecule has 1 heterocycles. The van der Waals surface area contributed by atoms with Crippen LogP contribution in [0.15, 0.2) is 0 Å². The quantitative estimate of drug-likeness (QED) is 0.724. The average molecular weight is 247 g/mol. The molecule has 0 aromatic rings. The number of carbonyl (C=O) groups excluding carboxylic acids is 1. The fourth-order valence-corrected chi connectivity index (χ4v) is 1.88. The van der Waals surface area contributed by atoms with Crippen LogP contribution in [0, 0.1) is 0 Å². The Morgan fingerprint density at radius 1 is 1.47 bits per heavy atom. The SMILES string of the molecule is CON(C)C(=O)C[C@H]1C[C@@H](CO)OC(C)(C)O1. The summed E-state index contributed by atoms with van der Waals surface area (Å²) < 4.78 is 11.1. The predicted octanol–water partition coefficient (Wildman–Crippen LogP) is 0.299. The first kappa shape index (κ1) is 14.4. The van der Waals surface area contributed by atoms with E-state index in [9.17, 15) is 4.79 Å². The summed E-state index contributed by atoms with van der Waals surface area (Å²) in [7, 11) is 2.99. The van der Waals surface area contributed by atoms with Crippen molar-refractivity contribution >= 4 is 5.91 Å². The van der Waals surface area contributed by atoms with E-state index >= 15 is 0 Å². The third kappa shape index (κ3) is 4.23. The Bertz CT molecular complexity index is 269. The Balaban J connectivity index is 2.56. The Morgan fingerprint density at radius 2 is 2.06 bits per heavy atom. The molecule has 0 unspecified atom stereocenters. The van der Waals surface area contributed by atoms with Crippen molar-refractivity contribution in [2.75, 3.05) is 20.8 Å². The zero-order valence-electron chi connectivity index (χ0n) is 10.8. The molecule has 0 bridgehead atoms. The van der Waals surface area contributed by atoms with Gasteiger partial charge in [-0.05, 0) is 13.8 Å². The van der Waals surface area contributed by atoms with Gasteiger partial charge in [0, 0.05) is 13.5 Å². The highest BCUT2D eigenvalue weighted by molar-refractivity contribution is 5.75. The molecule has 0 aromatic carbocycles. The van der Waals surface area contributed by atoms with Crippen molar-refractivity contribution in [2.24, 2.45) is 0 Å². The normalized spacial score (nSPS) is 27.8. The minimum absolute atomic E-state index is 0.0718. The van der Waals surface area contributed by atoms with Crippen LogP contribution in [0.5, 0.6) is 0 Å². The van der Waals surface area contributed by atoms with Crippen molar-refractivity contribution < 1.29 is 24.2 Å². The van der Waals surface area contributed by atoms with Crippen molar-refractivity contribution in [3.05, 3.63) is 0 Å². The smallest absolute Gasteiger partial charge is 0.248 e. The molecule has 0 radical (unpaired) electrons. The van der Waals surface area contributed by atoms with Crippen LogP contribution >= 0.6 is 0 Å². The number of aliphatic hydroxyl groups is 1. The lowest BCUT2D eigenvalue weighted by atomic mass is 10.1. The van der Waals surface area contributed by atoms with Gasteiger partial charge >= 0.3 is 0 Å². The Hall–Kier alpha value is -0.690. The van der Waals surface area contributed by atoms with Gasteiger partial charge in [-0.25, -0.2) is 5.06 Å². The standard InChI is InChI=1S/C11H21NO5/c1-11(2)16-8(5-9(7-13)17-11)6-10(14)12(3)15-4/h8-9,13H,5-7H2,1-4H3/t8-,9+/m1/s1. The monoisotopic (exact) mass is 247 g/mol. The third-order valence-corrected chi connectivity index (χ3v) is 2.66. The number of hydrogen-bond acceptors (Lipinski definition) is 5. The molecule has 1 aliphatic rings. The second-order valence-electron chi connectivity index (χ2n) is 4.58. The van der Waals surface area contributed by atoms with Gasteiger partial charge < -0.3 is 14.6 Å². The molecule has 100 valence electrons. The van der Waals surface area contributed by atoms with Gasteiger partial charge in [-0.1, -0.05) is 0 Å². The molecule has 0 aliphatic carbocycles. The van der Waals surface area contributed by atoms with Crippen molar-refractivity contribution in [1.82, 2.24) is 5.06 Å². The second-order valence-corrected chi connectivity index (χ2v) is 4.58. The molecule has 1 fully saturated rings. The summed E-state index contributed by atoms with van der Waals surface area (Å²) in [5, 5.41) is 10.3. The summed E-state index contributed by atoms with van der Waals surface area (Å²) in [6.07, 6.45) is 0.169. The van der Waals surface area contributed by atoms with Crippen molar-refractivity contribution in [1.29, 1.82) is 0 Å². The largest absolute Gasteiger partial charge is 0.394 e. The van der Waals surface area contributed by atoms with Crippen molar-refractivity contribution in [3.8, 4) is 0 Å². The van der Waals surface area contributed by atoms with Gasteiger partial charge in [0.25, 0.3) is 0 Å². The number of amides is 1. The fourth-order valence-electron chi connectivity index (χ4n) is 1.88. The van der Waals surface area contributed by atoms with E-state index in [1.165, 1.54) is 12.2 Å². The van der Waals surface area contributed by atoms with Crippen LogP contribution in [-0.2, 0) is 19.1 Å². The molecular weight excluding hydrogens is 226 g/mol. The molecule has 1 saturated heterocycles. The number of carbonyl (C=O) groups is 1. The van der Waals surface area contributed by atoms with Crippen molar-refractivity contribution in [3.63, 3.8) is 0 Å². The lowest BCUT2D eigenvalue weighted by Gasteiger charge is -2.40. The van der Waals surface area contributed by atoms with Gasteiger partial charge in [-0.3, -0.25) is 9.63 Å². The average Bonchev–Trinajstić information content (AvgIpc) is 2.25. The van der Waals surface area contributed by atoms with Gasteiger partial charge in [-0.2, -0.15) is 0 Å². The van der Waals surface area contributed by atoms with E-state index in [0.29, 0.717) is 6.42 Å². The fraction of sp³-hybridized carbons (Fsp3) is 0.909. The molecule has 1 N–H and O–H groups in total. The van der Waals surface area contributed by atoms with Crippen LogP contribution in [0.4, 0.5) is 0 Å². The van der Waals surface area contributed by atoms with Crippen LogP contribution in [0.1, 0.15) is 26.7 Å². The number of hydrogen-bond donors (Lipinski definition) is 1. The lowest BCUT2D eigenvalue weighted by Crippen LogP contribution is -2.47. The molecule has 17 heavy (non-hydrogen) atoms. The Morgan fingerprint density at radius 3 is 2.59 bits per heavy atom. The highest BCUT2D eigenvalue weighted by atomic mass is 16.7. The van der Waals surface area contributed by atoms with E-state index < -0.39 is 5.79 Å². The first-order chi connectivity index (χ1) is 7.88. The number of ether oxygens (including phenoxy) is 2. The van der Waals surface area contributed by atoms with E-state index in [1.54, 1.807) is 20.9 Å². The number of hydroxylamine groups is 2. The Kier molecular flexibility index (Phi) is 4.88. The van der Waals surface area contributed by atoms with Crippen LogP contribution in [0.3, 0.4) is 0 Å². The highest BCUT2D eigenvalue weighted by Crippen LogP contribution is 2.28. The Labute approximate surface area is 101 Å². The summed E-state index contributed by atoms with van der Waals surface area (Å²) >= 11 is 0. The maximum Gasteiger partial charge on any atom is 0.248 e. The zero-order valence-corrected chi connectivity index (χ0v) is 10.8. The third-order valence-electron chi connectivity index (χ3n) is 2.66. The van der Waals surface area contributed by atoms with Gasteiger partial charge in [0.2, 0.25) is 5.91 Å². The van der Waals surface area contributed by atoms with Crippen molar-refractivity contribution in [2.45, 2.75) is 44.7 Å². The minimum Gasteiger partial charge on any atom is -0.394 e. The maximum atomic E-state index is 11.7. The van der Waals surface area contributed by atoms with Crippen LogP contribution in [0.2, 0.25) is 0 Å². The molecule has 2 atom stereocenters. The summed E-state index contributed by atoms with van der Waals surface area (Å²) in [6, 6.07) is 0. The topological polar surface area (TPSA) is 68.2 Å².